The van der Waals surface area contributed by atoms with Gasteiger partial charge in [0, 0.05) is 12.0 Å². The van der Waals surface area contributed by atoms with Crippen molar-refractivity contribution in [3.63, 3.8) is 0 Å². The highest BCUT2D eigenvalue weighted by atomic mass is 19.4. The maximum absolute atomic E-state index is 13.9. The predicted molar refractivity (Wildman–Crippen MR) is 64.3 cm³/mol. The van der Waals surface area contributed by atoms with Crippen molar-refractivity contribution in [2.75, 3.05) is 0 Å². The molecule has 0 amide bonds. The van der Waals surface area contributed by atoms with Gasteiger partial charge in [0.1, 0.15) is 0 Å². The van der Waals surface area contributed by atoms with E-state index < -0.39 is 35.8 Å². The van der Waals surface area contributed by atoms with Gasteiger partial charge in [-0.2, -0.15) is 13.2 Å². The van der Waals surface area contributed by atoms with Crippen molar-refractivity contribution in [1.29, 1.82) is 0 Å². The van der Waals surface area contributed by atoms with Gasteiger partial charge in [0.05, 0.1) is 6.04 Å². The Labute approximate surface area is 112 Å². The van der Waals surface area contributed by atoms with Gasteiger partial charge in [-0.1, -0.05) is 12.1 Å². The Hall–Kier alpha value is -1.60. The summed E-state index contributed by atoms with van der Waals surface area (Å²) in [5.41, 5.74) is 1.94. The molecule has 4 N–H and O–H groups in total. The molecule has 0 saturated heterocycles. The van der Waals surface area contributed by atoms with E-state index in [2.05, 4.69) is 0 Å². The first-order valence-electron chi connectivity index (χ1n) is 5.85. The molecule has 0 saturated carbocycles. The number of hydrogen-bond acceptors (Lipinski definition) is 3. The van der Waals surface area contributed by atoms with Crippen molar-refractivity contribution < 1.29 is 27.8 Å². The summed E-state index contributed by atoms with van der Waals surface area (Å²) in [5.74, 6) is -1.71. The molecule has 2 rings (SSSR count). The van der Waals surface area contributed by atoms with Crippen molar-refractivity contribution >= 4 is 5.57 Å². The zero-order valence-corrected chi connectivity index (χ0v) is 10.5. The van der Waals surface area contributed by atoms with Gasteiger partial charge in [-0.3, -0.25) is 0 Å². The number of fused-ring (bicyclic) bond motifs is 1. The first-order valence-corrected chi connectivity index (χ1v) is 5.85. The number of benzene rings is 1. The summed E-state index contributed by atoms with van der Waals surface area (Å²) in [6.45, 7) is 1.43. The summed E-state index contributed by atoms with van der Waals surface area (Å²) < 4.78 is 53.1. The summed E-state index contributed by atoms with van der Waals surface area (Å²) >= 11 is 0. The van der Waals surface area contributed by atoms with Crippen LogP contribution in [0, 0.1) is 5.82 Å². The fourth-order valence-electron chi connectivity index (χ4n) is 2.43. The second-order valence-electron chi connectivity index (χ2n) is 4.75. The second kappa shape index (κ2) is 4.46. The van der Waals surface area contributed by atoms with Crippen LogP contribution in [-0.4, -0.2) is 22.0 Å². The summed E-state index contributed by atoms with van der Waals surface area (Å²) in [7, 11) is 0. The van der Waals surface area contributed by atoms with E-state index >= 15 is 0 Å². The van der Waals surface area contributed by atoms with E-state index in [9.17, 15) is 27.8 Å². The van der Waals surface area contributed by atoms with Crippen LogP contribution in [0.15, 0.2) is 18.2 Å². The van der Waals surface area contributed by atoms with Crippen LogP contribution in [0.3, 0.4) is 0 Å². The molecule has 1 aromatic carbocycles. The Morgan fingerprint density at radius 1 is 1.40 bits per heavy atom. The SMILES string of the molecule is CC=C1CC(O)(C(F)(F)F)C(N)c2ccc(O)c(F)c21. The molecule has 0 spiro atoms. The van der Waals surface area contributed by atoms with Gasteiger partial charge in [-0.15, -0.1) is 0 Å². The van der Waals surface area contributed by atoms with E-state index in [0.29, 0.717) is 0 Å². The summed E-state index contributed by atoms with van der Waals surface area (Å²) in [4.78, 5) is 0. The zero-order valence-electron chi connectivity index (χ0n) is 10.5. The van der Waals surface area contributed by atoms with Crippen molar-refractivity contribution in [2.45, 2.75) is 31.2 Å². The van der Waals surface area contributed by atoms with Crippen molar-refractivity contribution in [2.24, 2.45) is 5.73 Å². The molecule has 2 unspecified atom stereocenters. The van der Waals surface area contributed by atoms with E-state index in [1.165, 1.54) is 13.0 Å². The van der Waals surface area contributed by atoms with Crippen LogP contribution in [0.5, 0.6) is 5.75 Å². The van der Waals surface area contributed by atoms with Gasteiger partial charge in [-0.05, 0) is 24.1 Å². The third-order valence-corrected chi connectivity index (χ3v) is 3.62. The topological polar surface area (TPSA) is 66.5 Å². The normalized spacial score (nSPS) is 28.6. The summed E-state index contributed by atoms with van der Waals surface area (Å²) in [5, 5.41) is 19.2. The van der Waals surface area contributed by atoms with E-state index in [-0.39, 0.29) is 16.7 Å². The van der Waals surface area contributed by atoms with Crippen molar-refractivity contribution in [3.8, 4) is 5.75 Å². The molecule has 0 bridgehead atoms. The van der Waals surface area contributed by atoms with Gasteiger partial charge < -0.3 is 15.9 Å². The van der Waals surface area contributed by atoms with E-state index in [1.807, 2.05) is 0 Å². The van der Waals surface area contributed by atoms with Gasteiger partial charge in [-0.25, -0.2) is 4.39 Å². The molecule has 20 heavy (non-hydrogen) atoms. The van der Waals surface area contributed by atoms with Crippen LogP contribution in [0.4, 0.5) is 17.6 Å². The molecule has 0 heterocycles. The standard InChI is InChI=1S/C13H13F4NO2/c1-2-6-5-12(20,13(15,16)17)11(18)7-3-4-8(19)10(14)9(6)7/h2-4,11,19-20H,5,18H2,1H3. The molecule has 1 aromatic rings. The Balaban J connectivity index is 2.72. The lowest BCUT2D eigenvalue weighted by Crippen LogP contribution is -2.55. The van der Waals surface area contributed by atoms with Crippen LogP contribution in [0.2, 0.25) is 0 Å². The minimum atomic E-state index is -4.95. The minimum Gasteiger partial charge on any atom is -0.505 e. The highest BCUT2D eigenvalue weighted by Crippen LogP contribution is 2.51. The molecule has 0 radical (unpaired) electrons. The average molecular weight is 291 g/mol. The second-order valence-corrected chi connectivity index (χ2v) is 4.75. The highest BCUT2D eigenvalue weighted by Gasteiger charge is 2.60. The number of aromatic hydroxyl groups is 1. The predicted octanol–water partition coefficient (Wildman–Crippen LogP) is 2.63. The molecule has 1 aliphatic rings. The quantitative estimate of drug-likeness (QED) is 0.644. The van der Waals surface area contributed by atoms with Gasteiger partial charge in [0.15, 0.2) is 17.2 Å². The van der Waals surface area contributed by atoms with E-state index in [1.54, 1.807) is 0 Å². The molecular formula is C13H13F4NO2. The van der Waals surface area contributed by atoms with Crippen LogP contribution in [0.1, 0.15) is 30.5 Å². The number of phenols is 1. The summed E-state index contributed by atoms with van der Waals surface area (Å²) in [6, 6.07) is 0.192. The van der Waals surface area contributed by atoms with Crippen molar-refractivity contribution in [3.05, 3.63) is 35.2 Å². The van der Waals surface area contributed by atoms with Crippen LogP contribution >= 0.6 is 0 Å². The van der Waals surface area contributed by atoms with Crippen LogP contribution < -0.4 is 5.73 Å². The molecule has 0 fully saturated rings. The number of halogens is 4. The van der Waals surface area contributed by atoms with Crippen molar-refractivity contribution in [1.82, 2.24) is 0 Å². The smallest absolute Gasteiger partial charge is 0.419 e. The fourth-order valence-corrected chi connectivity index (χ4v) is 2.43. The molecule has 110 valence electrons. The number of phenolic OH excluding ortho intramolecular Hbond substituents is 1. The first kappa shape index (κ1) is 14.8. The highest BCUT2D eigenvalue weighted by molar-refractivity contribution is 5.74. The number of alkyl halides is 3. The number of rotatable bonds is 0. The summed E-state index contributed by atoms with van der Waals surface area (Å²) in [6.07, 6.45) is -4.54. The Bertz CT molecular complexity index is 582. The average Bonchev–Trinajstić information content (AvgIpc) is 2.36. The van der Waals surface area contributed by atoms with Crippen LogP contribution in [0.25, 0.3) is 5.57 Å². The third kappa shape index (κ3) is 1.89. The lowest BCUT2D eigenvalue weighted by Gasteiger charge is -2.41. The van der Waals surface area contributed by atoms with Gasteiger partial charge >= 0.3 is 6.18 Å². The van der Waals surface area contributed by atoms with E-state index in [0.717, 1.165) is 12.1 Å². The third-order valence-electron chi connectivity index (χ3n) is 3.62. The number of allylic oxidation sites excluding steroid dienone is 1. The Morgan fingerprint density at radius 3 is 2.50 bits per heavy atom. The molecule has 7 heteroatoms. The molecule has 2 atom stereocenters. The van der Waals surface area contributed by atoms with Gasteiger partial charge in [0.2, 0.25) is 0 Å². The molecular weight excluding hydrogens is 278 g/mol. The van der Waals surface area contributed by atoms with E-state index in [4.69, 9.17) is 5.73 Å². The first-order chi connectivity index (χ1) is 9.13. The Kier molecular flexibility index (Phi) is 3.30. The molecule has 1 aliphatic carbocycles. The largest absolute Gasteiger partial charge is 0.505 e. The number of hydrogen-bond donors (Lipinski definition) is 3. The number of nitrogens with two attached hydrogens (primary N) is 1. The van der Waals surface area contributed by atoms with Crippen LogP contribution in [-0.2, 0) is 0 Å². The molecule has 0 aliphatic heterocycles. The lowest BCUT2D eigenvalue weighted by molar-refractivity contribution is -0.267. The zero-order chi connectivity index (χ0) is 15.3. The molecule has 0 aromatic heterocycles. The molecule has 3 nitrogen and oxygen atoms in total. The number of aliphatic hydroxyl groups is 1. The monoisotopic (exact) mass is 291 g/mol. The maximum Gasteiger partial charge on any atom is 0.419 e. The van der Waals surface area contributed by atoms with Gasteiger partial charge in [0.25, 0.3) is 0 Å². The fraction of sp³-hybridized carbons (Fsp3) is 0.385. The maximum atomic E-state index is 13.9. The Morgan fingerprint density at radius 2 is 2.00 bits per heavy atom. The minimum absolute atomic E-state index is 0.0464. The lowest BCUT2D eigenvalue weighted by atomic mass is 9.73.